The molecule has 30 heavy (non-hydrogen) atoms. The summed E-state index contributed by atoms with van der Waals surface area (Å²) in [5, 5.41) is 17.4. The molecular formula is C23H25F3N2O2. The number of alkyl halides is 3. The highest BCUT2D eigenvalue weighted by Crippen LogP contribution is 2.55. The molecule has 0 amide bonds. The summed E-state index contributed by atoms with van der Waals surface area (Å²) in [4.78, 5) is 0. The molecule has 7 heteroatoms. The Morgan fingerprint density at radius 3 is 2.77 bits per heavy atom. The van der Waals surface area contributed by atoms with E-state index in [1.807, 2.05) is 12.1 Å². The molecule has 3 aliphatic rings. The molecule has 2 aromatic carbocycles. The van der Waals surface area contributed by atoms with Gasteiger partial charge in [-0.2, -0.15) is 0 Å². The Morgan fingerprint density at radius 2 is 1.93 bits per heavy atom. The minimum absolute atomic E-state index is 0.0613. The molecule has 2 fully saturated rings. The topological polar surface area (TPSA) is 53.5 Å². The summed E-state index contributed by atoms with van der Waals surface area (Å²) in [7, 11) is 0. The van der Waals surface area contributed by atoms with Gasteiger partial charge in [0, 0.05) is 11.5 Å². The first-order valence-electron chi connectivity index (χ1n) is 10.6. The van der Waals surface area contributed by atoms with Gasteiger partial charge in [-0.25, -0.2) is 0 Å². The smallest absolute Gasteiger partial charge is 0.506 e. The number of hydrogen-bond donors (Lipinski definition) is 3. The van der Waals surface area contributed by atoms with E-state index < -0.39 is 6.36 Å². The molecule has 5 rings (SSSR count). The largest absolute Gasteiger partial charge is 0.573 e. The standard InChI is InChI=1S/C23H25F3N2O2/c24-23(25,26)30-21-7-2-1-6-17(21)28-19-12-14-11-18-15-5-3-4-8-22(15,9-10-27-18)16(14)13-20(19)29/h1-2,6-7,12-13,15,18,27-29H,3-5,8-11H2/t15-,18+,22+/m1/s1. The molecule has 1 heterocycles. The molecular weight excluding hydrogens is 393 g/mol. The summed E-state index contributed by atoms with van der Waals surface area (Å²) >= 11 is 0. The van der Waals surface area contributed by atoms with E-state index in [0.29, 0.717) is 17.6 Å². The van der Waals surface area contributed by atoms with Crippen LogP contribution in [0.4, 0.5) is 24.5 Å². The third-order valence-corrected chi connectivity index (χ3v) is 7.14. The van der Waals surface area contributed by atoms with E-state index in [4.69, 9.17) is 0 Å². The molecule has 1 aliphatic heterocycles. The van der Waals surface area contributed by atoms with Gasteiger partial charge in [0.2, 0.25) is 0 Å². The van der Waals surface area contributed by atoms with E-state index in [1.54, 1.807) is 6.07 Å². The Kier molecular flexibility index (Phi) is 4.61. The number of piperidine rings is 1. The summed E-state index contributed by atoms with van der Waals surface area (Å²) in [5.74, 6) is 0.324. The first kappa shape index (κ1) is 19.5. The molecule has 0 radical (unpaired) electrons. The number of rotatable bonds is 3. The normalized spacial score (nSPS) is 27.7. The maximum atomic E-state index is 12.7. The fourth-order valence-corrected chi connectivity index (χ4v) is 6.00. The quantitative estimate of drug-likeness (QED) is 0.586. The number of para-hydroxylation sites is 2. The first-order chi connectivity index (χ1) is 14.4. The fourth-order valence-electron chi connectivity index (χ4n) is 6.00. The molecule has 2 aliphatic carbocycles. The van der Waals surface area contributed by atoms with Crippen LogP contribution in [-0.2, 0) is 11.8 Å². The van der Waals surface area contributed by atoms with Gasteiger partial charge >= 0.3 is 6.36 Å². The van der Waals surface area contributed by atoms with Crippen molar-refractivity contribution in [2.45, 2.75) is 56.3 Å². The van der Waals surface area contributed by atoms with Crippen LogP contribution in [-0.4, -0.2) is 24.1 Å². The SMILES string of the molecule is Oc1cc2c(cc1Nc1ccccc1OC(F)(F)F)C[C@@H]1NCC[C@]23CCCC[C@H]13. The van der Waals surface area contributed by atoms with Crippen molar-refractivity contribution in [3.8, 4) is 11.5 Å². The molecule has 3 atom stereocenters. The van der Waals surface area contributed by atoms with Crippen LogP contribution in [0.2, 0.25) is 0 Å². The molecule has 160 valence electrons. The van der Waals surface area contributed by atoms with Crippen LogP contribution in [0.15, 0.2) is 36.4 Å². The molecule has 0 spiro atoms. The van der Waals surface area contributed by atoms with Gasteiger partial charge in [0.1, 0.15) is 5.75 Å². The maximum Gasteiger partial charge on any atom is 0.573 e. The van der Waals surface area contributed by atoms with E-state index in [9.17, 15) is 18.3 Å². The van der Waals surface area contributed by atoms with Crippen molar-refractivity contribution < 1.29 is 23.0 Å². The second kappa shape index (κ2) is 7.08. The average molecular weight is 418 g/mol. The lowest BCUT2D eigenvalue weighted by Gasteiger charge is -2.56. The molecule has 2 aromatic rings. The molecule has 3 N–H and O–H groups in total. The Bertz CT molecular complexity index is 958. The second-order valence-corrected chi connectivity index (χ2v) is 8.72. The van der Waals surface area contributed by atoms with Gasteiger partial charge in [-0.1, -0.05) is 25.0 Å². The van der Waals surface area contributed by atoms with Crippen LogP contribution in [0, 0.1) is 5.92 Å². The minimum atomic E-state index is -4.78. The Hall–Kier alpha value is -2.41. The number of hydrogen-bond acceptors (Lipinski definition) is 4. The highest BCUT2D eigenvalue weighted by atomic mass is 19.4. The third-order valence-electron chi connectivity index (χ3n) is 7.14. The molecule has 2 bridgehead atoms. The van der Waals surface area contributed by atoms with E-state index in [-0.39, 0.29) is 22.6 Å². The second-order valence-electron chi connectivity index (χ2n) is 8.72. The zero-order valence-electron chi connectivity index (χ0n) is 16.6. The van der Waals surface area contributed by atoms with Crippen molar-refractivity contribution >= 4 is 11.4 Å². The van der Waals surface area contributed by atoms with Gasteiger partial charge in [0.15, 0.2) is 5.75 Å². The number of aromatic hydroxyl groups is 1. The number of anilines is 2. The Balaban J connectivity index is 1.51. The monoisotopic (exact) mass is 418 g/mol. The van der Waals surface area contributed by atoms with E-state index in [1.165, 1.54) is 48.6 Å². The van der Waals surface area contributed by atoms with Crippen LogP contribution in [0.5, 0.6) is 11.5 Å². The first-order valence-corrected chi connectivity index (χ1v) is 10.6. The number of phenols is 1. The average Bonchev–Trinajstić information content (AvgIpc) is 2.70. The van der Waals surface area contributed by atoms with Gasteiger partial charge in [-0.05, 0) is 73.5 Å². The molecule has 4 nitrogen and oxygen atoms in total. The van der Waals surface area contributed by atoms with E-state index in [2.05, 4.69) is 15.4 Å². The highest BCUT2D eigenvalue weighted by molar-refractivity contribution is 5.72. The number of nitrogens with one attached hydrogen (secondary N) is 2. The van der Waals surface area contributed by atoms with Crippen molar-refractivity contribution in [1.82, 2.24) is 5.32 Å². The van der Waals surface area contributed by atoms with Crippen LogP contribution in [0.25, 0.3) is 0 Å². The molecule has 1 saturated carbocycles. The predicted molar refractivity (Wildman–Crippen MR) is 108 cm³/mol. The number of halogens is 3. The number of benzene rings is 2. The summed E-state index contributed by atoms with van der Waals surface area (Å²) < 4.78 is 42.4. The summed E-state index contributed by atoms with van der Waals surface area (Å²) in [5.41, 5.74) is 3.06. The summed E-state index contributed by atoms with van der Waals surface area (Å²) in [6.07, 6.45) is 1.95. The Morgan fingerprint density at radius 1 is 1.10 bits per heavy atom. The van der Waals surface area contributed by atoms with Crippen LogP contribution >= 0.6 is 0 Å². The Labute approximate surface area is 173 Å². The van der Waals surface area contributed by atoms with Gasteiger partial charge in [-0.15, -0.1) is 13.2 Å². The van der Waals surface area contributed by atoms with E-state index in [0.717, 1.165) is 25.8 Å². The van der Waals surface area contributed by atoms with Crippen LogP contribution in [0.1, 0.15) is 43.2 Å². The molecule has 1 saturated heterocycles. The number of ether oxygens (including phenoxy) is 1. The fraction of sp³-hybridized carbons (Fsp3) is 0.478. The zero-order valence-corrected chi connectivity index (χ0v) is 16.6. The molecule has 0 aromatic heterocycles. The zero-order chi connectivity index (χ0) is 20.9. The minimum Gasteiger partial charge on any atom is -0.506 e. The lowest BCUT2D eigenvalue weighted by Crippen LogP contribution is -2.59. The number of phenolic OH excluding ortho intramolecular Hbond substituents is 1. The van der Waals surface area contributed by atoms with E-state index >= 15 is 0 Å². The predicted octanol–water partition coefficient (Wildman–Crippen LogP) is 5.38. The van der Waals surface area contributed by atoms with Crippen molar-refractivity contribution in [1.29, 1.82) is 0 Å². The van der Waals surface area contributed by atoms with Crippen LogP contribution in [0.3, 0.4) is 0 Å². The lowest BCUT2D eigenvalue weighted by atomic mass is 9.53. The van der Waals surface area contributed by atoms with Crippen molar-refractivity contribution in [2.24, 2.45) is 5.92 Å². The van der Waals surface area contributed by atoms with Gasteiger partial charge < -0.3 is 20.5 Å². The van der Waals surface area contributed by atoms with Gasteiger partial charge in [-0.3, -0.25) is 0 Å². The summed E-state index contributed by atoms with van der Waals surface area (Å²) in [6.45, 7) is 0.990. The van der Waals surface area contributed by atoms with Crippen molar-refractivity contribution in [2.75, 3.05) is 11.9 Å². The molecule has 0 unspecified atom stereocenters. The van der Waals surface area contributed by atoms with Crippen LogP contribution < -0.4 is 15.4 Å². The number of fused-ring (bicyclic) bond motifs is 1. The van der Waals surface area contributed by atoms with Crippen molar-refractivity contribution in [3.63, 3.8) is 0 Å². The highest BCUT2D eigenvalue weighted by Gasteiger charge is 2.51. The van der Waals surface area contributed by atoms with Gasteiger partial charge in [0.25, 0.3) is 0 Å². The maximum absolute atomic E-state index is 12.7. The van der Waals surface area contributed by atoms with Gasteiger partial charge in [0.05, 0.1) is 11.4 Å². The van der Waals surface area contributed by atoms with Crippen molar-refractivity contribution in [3.05, 3.63) is 47.5 Å². The summed E-state index contributed by atoms with van der Waals surface area (Å²) in [6, 6.07) is 10.0. The lowest BCUT2D eigenvalue weighted by molar-refractivity contribution is -0.274. The third kappa shape index (κ3) is 3.29.